The fourth-order valence-electron chi connectivity index (χ4n) is 2.94. The number of aromatic amines is 1. The third kappa shape index (κ3) is 5.23. The van der Waals surface area contributed by atoms with Crippen molar-refractivity contribution in [3.8, 4) is 11.5 Å². The summed E-state index contributed by atoms with van der Waals surface area (Å²) in [6.45, 7) is 3.01. The molecule has 0 saturated carbocycles. The summed E-state index contributed by atoms with van der Waals surface area (Å²) in [5.41, 5.74) is -1.40. The van der Waals surface area contributed by atoms with Gasteiger partial charge in [-0.05, 0) is 32.0 Å². The highest BCUT2D eigenvalue weighted by Gasteiger charge is 2.23. The Morgan fingerprint density at radius 1 is 1.18 bits per heavy atom. The number of esters is 1. The maximum atomic E-state index is 12.6. The minimum atomic E-state index is -0.774. The highest BCUT2D eigenvalue weighted by Crippen LogP contribution is 2.38. The van der Waals surface area contributed by atoms with Gasteiger partial charge in [-0.3, -0.25) is 14.9 Å². The van der Waals surface area contributed by atoms with Gasteiger partial charge in [0, 0.05) is 11.6 Å². The summed E-state index contributed by atoms with van der Waals surface area (Å²) in [4.78, 5) is 49.9. The fraction of sp³-hybridized carbons (Fsp3) is 0.238. The molecule has 3 aromatic rings. The van der Waals surface area contributed by atoms with Gasteiger partial charge < -0.3 is 19.2 Å². The summed E-state index contributed by atoms with van der Waals surface area (Å²) in [5, 5.41) is 15.8. The number of hydrogen-bond donors (Lipinski definition) is 1. The van der Waals surface area contributed by atoms with Crippen LogP contribution in [-0.2, 0) is 9.53 Å². The van der Waals surface area contributed by atoms with Crippen molar-refractivity contribution in [2.24, 2.45) is 5.10 Å². The van der Waals surface area contributed by atoms with Gasteiger partial charge in [-0.2, -0.15) is 5.10 Å². The molecule has 0 spiro atoms. The number of H-pyrrole nitrogens is 1. The third-order valence-electron chi connectivity index (χ3n) is 4.30. The van der Waals surface area contributed by atoms with Crippen LogP contribution in [0.3, 0.4) is 0 Å². The van der Waals surface area contributed by atoms with Gasteiger partial charge in [0.25, 0.3) is 5.56 Å². The van der Waals surface area contributed by atoms with Gasteiger partial charge in [0.1, 0.15) is 0 Å². The van der Waals surface area contributed by atoms with Gasteiger partial charge in [0.2, 0.25) is 5.75 Å². The quantitative estimate of drug-likeness (QED) is 0.221. The molecule has 0 atom stereocenters. The first-order valence-electron chi connectivity index (χ1n) is 9.87. The number of hydrogen-bond acceptors (Lipinski definition) is 9. The number of rotatable bonds is 9. The molecule has 0 amide bonds. The summed E-state index contributed by atoms with van der Waals surface area (Å²) in [6, 6.07) is 8.92. The van der Waals surface area contributed by atoms with Gasteiger partial charge in [-0.15, -0.1) is 4.68 Å². The number of carbonyl (C=O) groups is 1. The SMILES string of the molecule is CCOC(=O)COc1c(OCC)cc(C=Nn2c(=O)[nH]c3ccccc3c2=O)cc1[N+](=O)[O-]. The highest BCUT2D eigenvalue weighted by atomic mass is 16.6. The zero-order valence-electron chi connectivity index (χ0n) is 17.8. The van der Waals surface area contributed by atoms with E-state index >= 15 is 0 Å². The number of nitro benzene ring substituents is 1. The number of aromatic nitrogens is 2. The number of nitrogens with one attached hydrogen (secondary N) is 1. The number of nitrogens with zero attached hydrogens (tertiary/aromatic N) is 3. The number of nitro groups is 1. The maximum absolute atomic E-state index is 12.6. The van der Waals surface area contributed by atoms with Crippen LogP contribution in [0.25, 0.3) is 10.9 Å². The first-order valence-corrected chi connectivity index (χ1v) is 9.87. The number of para-hydroxylation sites is 1. The minimum Gasteiger partial charge on any atom is -0.490 e. The van der Waals surface area contributed by atoms with E-state index in [1.165, 1.54) is 12.1 Å². The average molecular weight is 456 g/mol. The Morgan fingerprint density at radius 3 is 2.64 bits per heavy atom. The summed E-state index contributed by atoms with van der Waals surface area (Å²) < 4.78 is 16.1. The molecule has 0 unspecified atom stereocenters. The molecular weight excluding hydrogens is 436 g/mol. The van der Waals surface area contributed by atoms with E-state index in [1.807, 2.05) is 0 Å². The molecular formula is C21H20N4O8. The molecule has 1 N–H and O–H groups in total. The maximum Gasteiger partial charge on any atom is 0.349 e. The summed E-state index contributed by atoms with van der Waals surface area (Å²) in [6.07, 6.45) is 1.11. The first kappa shape index (κ1) is 23.2. The standard InChI is InChI=1S/C21H20N4O8/c1-3-31-17-10-13(9-16(25(29)30)19(17)33-12-18(26)32-4-2)11-22-24-20(27)14-7-5-6-8-15(14)23-21(24)28/h5-11H,3-4,12H2,1-2H3,(H,23,28). The molecule has 12 heteroatoms. The molecule has 12 nitrogen and oxygen atoms in total. The van der Waals surface area contributed by atoms with Crippen LogP contribution < -0.4 is 20.7 Å². The van der Waals surface area contributed by atoms with E-state index in [-0.39, 0.29) is 35.7 Å². The third-order valence-corrected chi connectivity index (χ3v) is 4.30. The Morgan fingerprint density at radius 2 is 1.94 bits per heavy atom. The van der Waals surface area contributed by atoms with Gasteiger partial charge in [0.05, 0.1) is 35.3 Å². The fourth-order valence-corrected chi connectivity index (χ4v) is 2.94. The van der Waals surface area contributed by atoms with Crippen molar-refractivity contribution in [3.63, 3.8) is 0 Å². The Labute approximate surface area is 186 Å². The van der Waals surface area contributed by atoms with Crippen molar-refractivity contribution in [3.05, 3.63) is 72.9 Å². The Balaban J connectivity index is 2.03. The number of carbonyl (C=O) groups excluding carboxylic acids is 1. The van der Waals surface area contributed by atoms with E-state index in [1.54, 1.807) is 32.0 Å². The van der Waals surface area contributed by atoms with Gasteiger partial charge in [-0.25, -0.2) is 9.59 Å². The van der Waals surface area contributed by atoms with E-state index in [0.29, 0.717) is 10.2 Å². The van der Waals surface area contributed by atoms with E-state index in [2.05, 4.69) is 10.1 Å². The van der Waals surface area contributed by atoms with Crippen molar-refractivity contribution in [1.82, 2.24) is 9.66 Å². The van der Waals surface area contributed by atoms with Crippen molar-refractivity contribution >= 4 is 28.8 Å². The summed E-state index contributed by atoms with van der Waals surface area (Å²) in [7, 11) is 0. The second kappa shape index (κ2) is 10.2. The molecule has 0 radical (unpaired) electrons. The molecule has 0 fully saturated rings. The topological polar surface area (TPSA) is 155 Å². The highest BCUT2D eigenvalue weighted by molar-refractivity contribution is 5.83. The molecule has 3 rings (SSSR count). The van der Waals surface area contributed by atoms with E-state index in [9.17, 15) is 24.5 Å². The second-order valence-electron chi connectivity index (χ2n) is 6.49. The van der Waals surface area contributed by atoms with Crippen molar-refractivity contribution in [2.75, 3.05) is 19.8 Å². The number of fused-ring (bicyclic) bond motifs is 1. The molecule has 2 aromatic carbocycles. The lowest BCUT2D eigenvalue weighted by Gasteiger charge is -2.12. The van der Waals surface area contributed by atoms with Crippen LogP contribution in [0.2, 0.25) is 0 Å². The smallest absolute Gasteiger partial charge is 0.349 e. The van der Waals surface area contributed by atoms with Gasteiger partial charge in [-0.1, -0.05) is 12.1 Å². The molecule has 1 heterocycles. The largest absolute Gasteiger partial charge is 0.490 e. The molecule has 0 aliphatic carbocycles. The summed E-state index contributed by atoms with van der Waals surface area (Å²) in [5.74, 6) is -0.972. The van der Waals surface area contributed by atoms with Gasteiger partial charge in [0.15, 0.2) is 12.4 Å². The monoisotopic (exact) mass is 456 g/mol. The van der Waals surface area contributed by atoms with Crippen molar-refractivity contribution in [1.29, 1.82) is 0 Å². The molecule has 1 aromatic heterocycles. The predicted molar refractivity (Wildman–Crippen MR) is 118 cm³/mol. The predicted octanol–water partition coefficient (Wildman–Crippen LogP) is 1.82. The molecule has 0 aliphatic rings. The molecule has 0 bridgehead atoms. The van der Waals surface area contributed by atoms with E-state index < -0.39 is 34.4 Å². The van der Waals surface area contributed by atoms with Crippen LogP contribution in [0.15, 0.2) is 51.1 Å². The molecule has 33 heavy (non-hydrogen) atoms. The van der Waals surface area contributed by atoms with Crippen LogP contribution in [0.5, 0.6) is 11.5 Å². The van der Waals surface area contributed by atoms with Crippen LogP contribution in [-0.4, -0.2) is 46.6 Å². The molecule has 172 valence electrons. The van der Waals surface area contributed by atoms with Crippen molar-refractivity contribution in [2.45, 2.75) is 13.8 Å². The lowest BCUT2D eigenvalue weighted by Crippen LogP contribution is -2.32. The van der Waals surface area contributed by atoms with Crippen LogP contribution in [0, 0.1) is 10.1 Å². The Hall–Kier alpha value is -4.48. The summed E-state index contributed by atoms with van der Waals surface area (Å²) >= 11 is 0. The number of benzene rings is 2. The number of ether oxygens (including phenoxy) is 3. The normalized spacial score (nSPS) is 11.0. The first-order chi connectivity index (χ1) is 15.8. The zero-order chi connectivity index (χ0) is 24.0. The van der Waals surface area contributed by atoms with Gasteiger partial charge >= 0.3 is 17.3 Å². The molecule has 0 aliphatic heterocycles. The lowest BCUT2D eigenvalue weighted by atomic mass is 10.2. The van der Waals surface area contributed by atoms with Crippen LogP contribution >= 0.6 is 0 Å². The minimum absolute atomic E-state index is 0.0165. The Kier molecular flexibility index (Phi) is 7.18. The van der Waals surface area contributed by atoms with Crippen LogP contribution in [0.1, 0.15) is 19.4 Å². The lowest BCUT2D eigenvalue weighted by molar-refractivity contribution is -0.385. The van der Waals surface area contributed by atoms with E-state index in [0.717, 1.165) is 12.3 Å². The Bertz CT molecular complexity index is 1340. The van der Waals surface area contributed by atoms with Crippen LogP contribution in [0.4, 0.5) is 5.69 Å². The molecule has 0 saturated heterocycles. The average Bonchev–Trinajstić information content (AvgIpc) is 2.78. The second-order valence-corrected chi connectivity index (χ2v) is 6.49. The van der Waals surface area contributed by atoms with Crippen molar-refractivity contribution < 1.29 is 23.9 Å². The zero-order valence-corrected chi connectivity index (χ0v) is 17.8. The van der Waals surface area contributed by atoms with E-state index in [4.69, 9.17) is 14.2 Å².